The fourth-order valence-corrected chi connectivity index (χ4v) is 2.37. The van der Waals surface area contributed by atoms with Crippen molar-refractivity contribution in [2.75, 3.05) is 13.7 Å². The van der Waals surface area contributed by atoms with Crippen LogP contribution < -0.4 is 14.8 Å². The Hall–Kier alpha value is -3.02. The fourth-order valence-electron chi connectivity index (χ4n) is 2.37. The Morgan fingerprint density at radius 2 is 1.90 bits per heavy atom. The number of hydrogen-bond donors (Lipinski definition) is 2. The molecule has 6 heteroatoms. The minimum atomic E-state index is -1.09. The second-order valence-electron chi connectivity index (χ2n) is 6.99. The molecule has 1 rings (SSSR count). The summed E-state index contributed by atoms with van der Waals surface area (Å²) < 4.78 is 11.2. The van der Waals surface area contributed by atoms with E-state index in [4.69, 9.17) is 14.6 Å². The third-order valence-electron chi connectivity index (χ3n) is 4.11. The zero-order chi connectivity index (χ0) is 21.8. The molecule has 1 amide bonds. The Kier molecular flexibility index (Phi) is 10.3. The first kappa shape index (κ1) is 24.0. The van der Waals surface area contributed by atoms with Gasteiger partial charge in [0.25, 0.3) is 0 Å². The van der Waals surface area contributed by atoms with E-state index in [0.29, 0.717) is 18.1 Å². The summed E-state index contributed by atoms with van der Waals surface area (Å²) >= 11 is 0. The lowest BCUT2D eigenvalue weighted by Crippen LogP contribution is -2.37. The number of benzene rings is 1. The number of carbonyl (C=O) groups is 2. The number of carboxylic acids is 1. The van der Waals surface area contributed by atoms with Gasteiger partial charge in [0.1, 0.15) is 12.6 Å². The Morgan fingerprint density at radius 1 is 1.17 bits per heavy atom. The van der Waals surface area contributed by atoms with Crippen molar-refractivity contribution in [3.05, 3.63) is 53.1 Å². The molecule has 0 bridgehead atoms. The molecule has 0 aromatic heterocycles. The van der Waals surface area contributed by atoms with E-state index in [2.05, 4.69) is 38.2 Å². The van der Waals surface area contributed by atoms with E-state index >= 15 is 0 Å². The molecule has 6 nitrogen and oxygen atoms in total. The highest BCUT2D eigenvalue weighted by Crippen LogP contribution is 2.28. The molecule has 1 aromatic rings. The summed E-state index contributed by atoms with van der Waals surface area (Å²) in [5.41, 5.74) is 3.32. The van der Waals surface area contributed by atoms with Gasteiger partial charge in [-0.3, -0.25) is 9.59 Å². The molecule has 0 aliphatic carbocycles. The van der Waals surface area contributed by atoms with Crippen LogP contribution in [0.15, 0.2) is 47.6 Å². The number of carboxylic acid groups (broad SMARTS) is 1. The number of nitrogens with one attached hydrogen (secondary N) is 1. The second kappa shape index (κ2) is 12.4. The summed E-state index contributed by atoms with van der Waals surface area (Å²) in [5.74, 6) is -0.395. The van der Waals surface area contributed by atoms with E-state index in [1.165, 1.54) is 24.1 Å². The molecule has 0 spiro atoms. The second-order valence-corrected chi connectivity index (χ2v) is 6.99. The summed E-state index contributed by atoms with van der Waals surface area (Å²) in [6, 6.07) is 4.39. The predicted molar refractivity (Wildman–Crippen MR) is 115 cm³/mol. The van der Waals surface area contributed by atoms with Crippen LogP contribution in [0.3, 0.4) is 0 Å². The number of amides is 1. The van der Waals surface area contributed by atoms with E-state index in [1.807, 2.05) is 0 Å². The number of aliphatic carboxylic acids is 1. The maximum Gasteiger partial charge on any atom is 0.325 e. The highest BCUT2D eigenvalue weighted by molar-refractivity contribution is 5.94. The van der Waals surface area contributed by atoms with E-state index in [1.54, 1.807) is 31.4 Å². The number of ether oxygens (including phenoxy) is 2. The zero-order valence-electron chi connectivity index (χ0n) is 17.8. The van der Waals surface area contributed by atoms with Crippen molar-refractivity contribution in [2.24, 2.45) is 0 Å². The molecule has 0 saturated heterocycles. The molecule has 0 unspecified atom stereocenters. The van der Waals surface area contributed by atoms with Crippen LogP contribution >= 0.6 is 0 Å². The Bertz CT molecular complexity index is 788. The highest BCUT2D eigenvalue weighted by atomic mass is 16.5. The van der Waals surface area contributed by atoms with Gasteiger partial charge in [-0.15, -0.1) is 0 Å². The number of hydrogen-bond acceptors (Lipinski definition) is 4. The smallest absolute Gasteiger partial charge is 0.325 e. The zero-order valence-corrected chi connectivity index (χ0v) is 17.8. The largest absolute Gasteiger partial charge is 0.493 e. The van der Waals surface area contributed by atoms with Crippen LogP contribution in [0.1, 0.15) is 46.1 Å². The molecular formula is C23H31NO5. The molecule has 158 valence electrons. The van der Waals surface area contributed by atoms with Crippen molar-refractivity contribution in [2.45, 2.75) is 46.6 Å². The number of rotatable bonds is 11. The van der Waals surface area contributed by atoms with Gasteiger partial charge < -0.3 is 19.9 Å². The van der Waals surface area contributed by atoms with Gasteiger partial charge >= 0.3 is 5.97 Å². The number of allylic oxidation sites excluding steroid dienone is 3. The quantitative estimate of drug-likeness (QED) is 0.425. The van der Waals surface area contributed by atoms with Gasteiger partial charge in [0.05, 0.1) is 7.11 Å². The van der Waals surface area contributed by atoms with E-state index in [0.717, 1.165) is 18.4 Å². The highest BCUT2D eigenvalue weighted by Gasteiger charge is 2.11. The molecule has 1 aromatic carbocycles. The van der Waals surface area contributed by atoms with Crippen molar-refractivity contribution in [3.8, 4) is 11.5 Å². The van der Waals surface area contributed by atoms with Gasteiger partial charge in [0.15, 0.2) is 11.5 Å². The van der Waals surface area contributed by atoms with Crippen molar-refractivity contribution < 1.29 is 24.2 Å². The maximum atomic E-state index is 11.7. The van der Waals surface area contributed by atoms with Crippen molar-refractivity contribution >= 4 is 18.0 Å². The Morgan fingerprint density at radius 3 is 2.52 bits per heavy atom. The molecule has 29 heavy (non-hydrogen) atoms. The molecule has 0 aliphatic rings. The molecule has 0 fully saturated rings. The van der Waals surface area contributed by atoms with Gasteiger partial charge in [0, 0.05) is 6.08 Å². The standard InChI is InChI=1S/C23H31NO5/c1-16(2)7-6-8-17(3)13-14-29-20-11-9-19(15-21(20)28-5)10-12-22(25)24-18(4)23(26)27/h7,9-13,15,18H,6,8,14H2,1-5H3,(H,24,25)(H,26,27)/b12-10+,17-13+/t18-/m0/s1. The van der Waals surface area contributed by atoms with Crippen molar-refractivity contribution in [1.82, 2.24) is 5.32 Å². The van der Waals surface area contributed by atoms with Crippen LogP contribution in [0.2, 0.25) is 0 Å². The molecule has 0 heterocycles. The number of carbonyl (C=O) groups excluding carboxylic acids is 1. The molecule has 0 radical (unpaired) electrons. The molecule has 2 N–H and O–H groups in total. The van der Waals surface area contributed by atoms with E-state index in [-0.39, 0.29) is 0 Å². The van der Waals surface area contributed by atoms with Crippen LogP contribution in [0.25, 0.3) is 6.08 Å². The molecule has 1 atom stereocenters. The SMILES string of the molecule is COc1cc(/C=C/C(=O)N[C@@H](C)C(=O)O)ccc1OC/C=C(\C)CCC=C(C)C. The Balaban J connectivity index is 2.67. The molecular weight excluding hydrogens is 370 g/mol. The lowest BCUT2D eigenvalue weighted by atomic mass is 10.1. The number of methoxy groups -OCH3 is 1. The predicted octanol–water partition coefficient (Wildman–Crippen LogP) is 4.37. The lowest BCUT2D eigenvalue weighted by molar-refractivity contribution is -0.140. The van der Waals surface area contributed by atoms with Crippen LogP contribution in [-0.2, 0) is 9.59 Å². The van der Waals surface area contributed by atoms with E-state index in [9.17, 15) is 9.59 Å². The van der Waals surface area contributed by atoms with Crippen molar-refractivity contribution in [3.63, 3.8) is 0 Å². The minimum absolute atomic E-state index is 0.446. The first-order valence-electron chi connectivity index (χ1n) is 9.54. The Labute approximate surface area is 172 Å². The average Bonchev–Trinajstić information content (AvgIpc) is 2.66. The van der Waals surface area contributed by atoms with Crippen LogP contribution in [0.5, 0.6) is 11.5 Å². The minimum Gasteiger partial charge on any atom is -0.493 e. The molecule has 0 saturated carbocycles. The lowest BCUT2D eigenvalue weighted by Gasteiger charge is -2.10. The van der Waals surface area contributed by atoms with Gasteiger partial charge in [-0.25, -0.2) is 0 Å². The first-order chi connectivity index (χ1) is 13.7. The van der Waals surface area contributed by atoms with Gasteiger partial charge in [-0.1, -0.05) is 23.3 Å². The van der Waals surface area contributed by atoms with Crippen molar-refractivity contribution in [1.29, 1.82) is 0 Å². The van der Waals surface area contributed by atoms with Crippen LogP contribution in [0, 0.1) is 0 Å². The summed E-state index contributed by atoms with van der Waals surface area (Å²) in [6.07, 6.45) is 9.17. The summed E-state index contributed by atoms with van der Waals surface area (Å²) in [6.45, 7) is 8.12. The normalized spacial score (nSPS) is 12.4. The summed E-state index contributed by atoms with van der Waals surface area (Å²) in [7, 11) is 1.55. The monoisotopic (exact) mass is 401 g/mol. The van der Waals surface area contributed by atoms with Gasteiger partial charge in [0.2, 0.25) is 5.91 Å². The fraction of sp³-hybridized carbons (Fsp3) is 0.391. The van der Waals surface area contributed by atoms with Crippen LogP contribution in [0.4, 0.5) is 0 Å². The summed E-state index contributed by atoms with van der Waals surface area (Å²) in [4.78, 5) is 22.5. The van der Waals surface area contributed by atoms with Gasteiger partial charge in [-0.2, -0.15) is 0 Å². The molecule has 0 aliphatic heterocycles. The average molecular weight is 402 g/mol. The summed E-state index contributed by atoms with van der Waals surface area (Å²) in [5, 5.41) is 11.2. The third-order valence-corrected chi connectivity index (χ3v) is 4.11. The maximum absolute atomic E-state index is 11.7. The third kappa shape index (κ3) is 9.65. The van der Waals surface area contributed by atoms with Gasteiger partial charge in [-0.05, 0) is 70.4 Å². The topological polar surface area (TPSA) is 84.9 Å². The van der Waals surface area contributed by atoms with Crippen LogP contribution in [-0.4, -0.2) is 36.7 Å². The van der Waals surface area contributed by atoms with E-state index < -0.39 is 17.9 Å². The first-order valence-corrected chi connectivity index (χ1v) is 9.54.